The van der Waals surface area contributed by atoms with Crippen LogP contribution in [0.3, 0.4) is 0 Å². The van der Waals surface area contributed by atoms with E-state index in [1.807, 2.05) is 6.07 Å². The van der Waals surface area contributed by atoms with Crippen molar-refractivity contribution in [2.45, 2.75) is 19.8 Å². The van der Waals surface area contributed by atoms with Gasteiger partial charge in [0.15, 0.2) is 0 Å². The first-order chi connectivity index (χ1) is 14.2. The highest BCUT2D eigenvalue weighted by molar-refractivity contribution is 6.15. The first-order valence-corrected chi connectivity index (χ1v) is 10.1. The van der Waals surface area contributed by atoms with Gasteiger partial charge in [0.25, 0.3) is 0 Å². The van der Waals surface area contributed by atoms with Gasteiger partial charge < -0.3 is 0 Å². The molecule has 5 aromatic rings. The zero-order valence-corrected chi connectivity index (χ0v) is 16.6. The van der Waals surface area contributed by atoms with Crippen LogP contribution in [-0.2, 0) is 0 Å². The Morgan fingerprint density at radius 3 is 1.97 bits per heavy atom. The van der Waals surface area contributed by atoms with Crippen LogP contribution in [0.2, 0.25) is 0 Å². The van der Waals surface area contributed by atoms with Crippen LogP contribution in [0.25, 0.3) is 44.1 Å². The van der Waals surface area contributed by atoms with E-state index in [9.17, 15) is 0 Å². The molecule has 0 radical (unpaired) electrons. The van der Waals surface area contributed by atoms with Gasteiger partial charge in [0, 0.05) is 16.9 Å². The fraction of sp³-hybridized carbons (Fsp3) is 0.111. The molecule has 0 saturated carbocycles. The van der Waals surface area contributed by atoms with Crippen LogP contribution in [0.5, 0.6) is 0 Å². The van der Waals surface area contributed by atoms with Crippen molar-refractivity contribution in [2.75, 3.05) is 0 Å². The van der Waals surface area contributed by atoms with Crippen molar-refractivity contribution >= 4 is 21.7 Å². The summed E-state index contributed by atoms with van der Waals surface area (Å²) in [5.74, 6) is 1.16. The standard InChI is InChI=1S/C27H22N2/c1-18(2)27-28-24-17-16-22-21(19-10-5-3-6-11-19)14-9-15-23(22)25(24)26(29-27)20-12-7-4-8-13-20/h3-18H,1-2H3. The van der Waals surface area contributed by atoms with Gasteiger partial charge in [-0.25, -0.2) is 9.97 Å². The van der Waals surface area contributed by atoms with Gasteiger partial charge in [-0.1, -0.05) is 98.8 Å². The predicted molar refractivity (Wildman–Crippen MR) is 122 cm³/mol. The van der Waals surface area contributed by atoms with E-state index in [0.717, 1.165) is 28.0 Å². The summed E-state index contributed by atoms with van der Waals surface area (Å²) >= 11 is 0. The van der Waals surface area contributed by atoms with Crippen LogP contribution in [0.4, 0.5) is 0 Å². The summed E-state index contributed by atoms with van der Waals surface area (Å²) in [6.07, 6.45) is 0. The van der Waals surface area contributed by atoms with Crippen LogP contribution < -0.4 is 0 Å². The van der Waals surface area contributed by atoms with E-state index in [2.05, 4.69) is 98.8 Å². The van der Waals surface area contributed by atoms with Crippen molar-refractivity contribution in [3.63, 3.8) is 0 Å². The minimum absolute atomic E-state index is 0.271. The van der Waals surface area contributed by atoms with Gasteiger partial charge in [0.1, 0.15) is 5.82 Å². The normalized spacial score (nSPS) is 11.4. The number of aromatic nitrogens is 2. The van der Waals surface area contributed by atoms with Crippen molar-refractivity contribution in [1.82, 2.24) is 9.97 Å². The Morgan fingerprint density at radius 2 is 1.28 bits per heavy atom. The maximum absolute atomic E-state index is 5.01. The maximum atomic E-state index is 5.01. The van der Waals surface area contributed by atoms with Crippen LogP contribution in [-0.4, -0.2) is 9.97 Å². The lowest BCUT2D eigenvalue weighted by Crippen LogP contribution is -2.01. The van der Waals surface area contributed by atoms with E-state index < -0.39 is 0 Å². The van der Waals surface area contributed by atoms with E-state index in [4.69, 9.17) is 9.97 Å². The Balaban J connectivity index is 1.90. The summed E-state index contributed by atoms with van der Waals surface area (Å²) < 4.78 is 0. The third kappa shape index (κ3) is 3.07. The highest BCUT2D eigenvalue weighted by Gasteiger charge is 2.15. The molecule has 4 aromatic carbocycles. The molecule has 0 atom stereocenters. The quantitative estimate of drug-likeness (QED) is 0.311. The van der Waals surface area contributed by atoms with E-state index in [1.54, 1.807) is 0 Å². The summed E-state index contributed by atoms with van der Waals surface area (Å²) in [5, 5.41) is 3.54. The molecule has 29 heavy (non-hydrogen) atoms. The second-order valence-electron chi connectivity index (χ2n) is 7.68. The van der Waals surface area contributed by atoms with Gasteiger partial charge in [-0.15, -0.1) is 0 Å². The largest absolute Gasteiger partial charge is 0.233 e. The Hall–Kier alpha value is -3.52. The number of hydrogen-bond donors (Lipinski definition) is 0. The lowest BCUT2D eigenvalue weighted by molar-refractivity contribution is 0.785. The van der Waals surface area contributed by atoms with Crippen molar-refractivity contribution in [1.29, 1.82) is 0 Å². The number of hydrogen-bond acceptors (Lipinski definition) is 2. The van der Waals surface area contributed by atoms with Gasteiger partial charge in [-0.3, -0.25) is 0 Å². The lowest BCUT2D eigenvalue weighted by atomic mass is 9.94. The topological polar surface area (TPSA) is 25.8 Å². The molecule has 0 unspecified atom stereocenters. The third-order valence-electron chi connectivity index (χ3n) is 5.39. The summed E-state index contributed by atoms with van der Waals surface area (Å²) in [6.45, 7) is 4.29. The zero-order valence-electron chi connectivity index (χ0n) is 16.6. The SMILES string of the molecule is CC(C)c1nc(-c2ccccc2)c2c(ccc3c(-c4ccccc4)cccc32)n1. The Kier molecular flexibility index (Phi) is 4.33. The van der Waals surface area contributed by atoms with Gasteiger partial charge in [-0.2, -0.15) is 0 Å². The maximum Gasteiger partial charge on any atom is 0.132 e. The molecular formula is C27H22N2. The second kappa shape index (κ2) is 7.14. The molecule has 0 aliphatic heterocycles. The van der Waals surface area contributed by atoms with Crippen LogP contribution in [0.15, 0.2) is 91.0 Å². The summed E-state index contributed by atoms with van der Waals surface area (Å²) in [7, 11) is 0. The van der Waals surface area contributed by atoms with Gasteiger partial charge in [-0.05, 0) is 28.0 Å². The van der Waals surface area contributed by atoms with Crippen LogP contribution >= 0.6 is 0 Å². The minimum Gasteiger partial charge on any atom is -0.233 e. The fourth-order valence-corrected chi connectivity index (χ4v) is 3.94. The molecule has 0 saturated heterocycles. The van der Waals surface area contributed by atoms with Crippen molar-refractivity contribution in [2.24, 2.45) is 0 Å². The van der Waals surface area contributed by atoms with Crippen LogP contribution in [0, 0.1) is 0 Å². The van der Waals surface area contributed by atoms with Crippen LogP contribution in [0.1, 0.15) is 25.6 Å². The second-order valence-corrected chi connectivity index (χ2v) is 7.68. The number of benzene rings is 4. The Labute approximate surface area is 170 Å². The average Bonchev–Trinajstić information content (AvgIpc) is 2.78. The molecule has 0 aliphatic carbocycles. The molecule has 0 spiro atoms. The van der Waals surface area contributed by atoms with Crippen molar-refractivity contribution < 1.29 is 0 Å². The minimum atomic E-state index is 0.271. The summed E-state index contributed by atoms with van der Waals surface area (Å²) in [6, 6.07) is 31.8. The molecular weight excluding hydrogens is 352 g/mol. The molecule has 2 heteroatoms. The fourth-order valence-electron chi connectivity index (χ4n) is 3.94. The van der Waals surface area contributed by atoms with Crippen molar-refractivity contribution in [3.05, 3.63) is 96.8 Å². The molecule has 0 fully saturated rings. The summed E-state index contributed by atoms with van der Waals surface area (Å²) in [5.41, 5.74) is 5.59. The highest BCUT2D eigenvalue weighted by Crippen LogP contribution is 2.37. The monoisotopic (exact) mass is 374 g/mol. The lowest BCUT2D eigenvalue weighted by Gasteiger charge is -2.14. The van der Waals surface area contributed by atoms with E-state index >= 15 is 0 Å². The highest BCUT2D eigenvalue weighted by atomic mass is 14.9. The van der Waals surface area contributed by atoms with E-state index in [-0.39, 0.29) is 5.92 Å². The predicted octanol–water partition coefficient (Wildman–Crippen LogP) is 7.24. The summed E-state index contributed by atoms with van der Waals surface area (Å²) in [4.78, 5) is 9.91. The van der Waals surface area contributed by atoms with Gasteiger partial charge >= 0.3 is 0 Å². The first-order valence-electron chi connectivity index (χ1n) is 10.1. The number of fused-ring (bicyclic) bond motifs is 3. The first kappa shape index (κ1) is 17.6. The molecule has 1 heterocycles. The van der Waals surface area contributed by atoms with E-state index in [0.29, 0.717) is 0 Å². The molecule has 0 N–H and O–H groups in total. The van der Waals surface area contributed by atoms with Crippen molar-refractivity contribution in [3.8, 4) is 22.4 Å². The molecule has 0 bridgehead atoms. The Morgan fingerprint density at radius 1 is 0.586 bits per heavy atom. The molecule has 1 aromatic heterocycles. The smallest absolute Gasteiger partial charge is 0.132 e. The average molecular weight is 374 g/mol. The van der Waals surface area contributed by atoms with E-state index in [1.165, 1.54) is 21.9 Å². The molecule has 0 amide bonds. The number of rotatable bonds is 3. The third-order valence-corrected chi connectivity index (χ3v) is 5.39. The molecule has 5 rings (SSSR count). The van der Waals surface area contributed by atoms with Gasteiger partial charge in [0.2, 0.25) is 0 Å². The zero-order chi connectivity index (χ0) is 19.8. The molecule has 2 nitrogen and oxygen atoms in total. The molecule has 140 valence electrons. The molecule has 0 aliphatic rings. The number of nitrogens with zero attached hydrogens (tertiary/aromatic N) is 2. The van der Waals surface area contributed by atoms with Gasteiger partial charge in [0.05, 0.1) is 11.2 Å². The Bertz CT molecular complexity index is 1310.